The van der Waals surface area contributed by atoms with Gasteiger partial charge in [-0.2, -0.15) is 4.98 Å². The van der Waals surface area contributed by atoms with Crippen molar-refractivity contribution in [2.24, 2.45) is 0 Å². The molecule has 0 atom stereocenters. The molecule has 27 heavy (non-hydrogen) atoms. The molecule has 3 aromatic heterocycles. The van der Waals surface area contributed by atoms with Crippen molar-refractivity contribution in [2.75, 3.05) is 5.32 Å². The molecule has 0 saturated heterocycles. The number of benzene rings is 1. The van der Waals surface area contributed by atoms with E-state index >= 15 is 0 Å². The van der Waals surface area contributed by atoms with Crippen LogP contribution in [-0.4, -0.2) is 20.0 Å². The Labute approximate surface area is 152 Å². The fourth-order valence-electron chi connectivity index (χ4n) is 2.50. The predicted octanol–water partition coefficient (Wildman–Crippen LogP) is 3.91. The first-order valence-corrected chi connectivity index (χ1v) is 8.01. The molecule has 0 aliphatic rings. The van der Waals surface area contributed by atoms with E-state index in [1.807, 2.05) is 6.07 Å². The highest BCUT2D eigenvalue weighted by Crippen LogP contribution is 2.31. The first-order chi connectivity index (χ1) is 13.2. The highest BCUT2D eigenvalue weighted by Gasteiger charge is 2.19. The fourth-order valence-corrected chi connectivity index (χ4v) is 2.50. The molecule has 1 N–H and O–H groups in total. The number of anilines is 1. The quantitative estimate of drug-likeness (QED) is 0.404. The molecule has 0 fully saturated rings. The number of nitrogens with zero attached hydrogens (tertiary/aromatic N) is 4. The maximum Gasteiger partial charge on any atom is 0.293 e. The summed E-state index contributed by atoms with van der Waals surface area (Å²) in [6.45, 7) is 0.331. The van der Waals surface area contributed by atoms with Crippen molar-refractivity contribution in [2.45, 2.75) is 6.54 Å². The number of nitro benzene ring substituents is 1. The summed E-state index contributed by atoms with van der Waals surface area (Å²) in [4.78, 5) is 19.4. The Hall–Kier alpha value is -4.01. The van der Waals surface area contributed by atoms with Crippen LogP contribution in [0, 0.1) is 10.1 Å². The van der Waals surface area contributed by atoms with Crippen LogP contribution >= 0.6 is 0 Å². The minimum atomic E-state index is -0.468. The van der Waals surface area contributed by atoms with E-state index < -0.39 is 4.92 Å². The van der Waals surface area contributed by atoms with E-state index in [0.29, 0.717) is 35.1 Å². The highest BCUT2D eigenvalue weighted by molar-refractivity contribution is 5.70. The maximum atomic E-state index is 11.5. The molecule has 0 amide bonds. The molecule has 4 rings (SSSR count). The second-order valence-corrected chi connectivity index (χ2v) is 5.56. The number of aromatic nitrogens is 3. The van der Waals surface area contributed by atoms with Crippen LogP contribution in [0.15, 0.2) is 69.9 Å². The lowest BCUT2D eigenvalue weighted by atomic mass is 10.1. The van der Waals surface area contributed by atoms with Crippen LogP contribution < -0.4 is 5.32 Å². The summed E-state index contributed by atoms with van der Waals surface area (Å²) in [6, 6.07) is 13.5. The van der Waals surface area contributed by atoms with Gasteiger partial charge in [-0.05, 0) is 36.4 Å². The molecule has 0 unspecified atom stereocenters. The summed E-state index contributed by atoms with van der Waals surface area (Å²) in [5, 5.41) is 18.3. The number of pyridine rings is 1. The number of nitro groups is 1. The smallest absolute Gasteiger partial charge is 0.293 e. The van der Waals surface area contributed by atoms with Gasteiger partial charge in [-0.15, -0.1) is 0 Å². The van der Waals surface area contributed by atoms with E-state index in [1.54, 1.807) is 48.9 Å². The van der Waals surface area contributed by atoms with Crippen LogP contribution in [-0.2, 0) is 6.54 Å². The third kappa shape index (κ3) is 3.52. The van der Waals surface area contributed by atoms with E-state index in [2.05, 4.69) is 20.4 Å². The molecule has 1 aromatic carbocycles. The second kappa shape index (κ2) is 7.08. The number of nitrogens with one attached hydrogen (secondary N) is 1. The molecule has 0 aliphatic heterocycles. The zero-order chi connectivity index (χ0) is 18.6. The minimum absolute atomic E-state index is 0.100. The summed E-state index contributed by atoms with van der Waals surface area (Å²) >= 11 is 0. The lowest BCUT2D eigenvalue weighted by molar-refractivity contribution is -0.383. The van der Waals surface area contributed by atoms with Gasteiger partial charge in [-0.3, -0.25) is 15.1 Å². The largest absolute Gasteiger partial charge is 0.467 e. The van der Waals surface area contributed by atoms with Gasteiger partial charge in [0.2, 0.25) is 5.82 Å². The number of hydrogen-bond acceptors (Lipinski definition) is 8. The molecule has 0 bridgehead atoms. The monoisotopic (exact) mass is 363 g/mol. The summed E-state index contributed by atoms with van der Waals surface area (Å²) < 4.78 is 10.5. The number of furan rings is 1. The van der Waals surface area contributed by atoms with Gasteiger partial charge >= 0.3 is 0 Å². The third-order valence-electron chi connectivity index (χ3n) is 3.79. The van der Waals surface area contributed by atoms with Gasteiger partial charge in [0, 0.05) is 17.8 Å². The SMILES string of the molecule is O=[N+]([O-])c1cc(-c2nc(-c3ccccn3)no2)ccc1NCc1ccco1. The summed E-state index contributed by atoms with van der Waals surface area (Å²) in [7, 11) is 0. The standard InChI is InChI=1S/C18H13N5O4/c24-23(25)16-10-12(6-7-14(16)20-11-13-4-3-9-26-13)18-21-17(22-27-18)15-5-1-2-8-19-15/h1-10,20H,11H2. The van der Waals surface area contributed by atoms with Crippen LogP contribution in [0.1, 0.15) is 5.76 Å². The van der Waals surface area contributed by atoms with Gasteiger partial charge in [-0.25, -0.2) is 0 Å². The van der Waals surface area contributed by atoms with E-state index in [-0.39, 0.29) is 11.6 Å². The van der Waals surface area contributed by atoms with Gasteiger partial charge < -0.3 is 14.3 Å². The normalized spacial score (nSPS) is 10.7. The first kappa shape index (κ1) is 16.5. The Kier molecular flexibility index (Phi) is 4.32. The van der Waals surface area contributed by atoms with Crippen LogP contribution in [0.2, 0.25) is 0 Å². The molecule has 9 nitrogen and oxygen atoms in total. The van der Waals surface area contributed by atoms with Crippen LogP contribution in [0.25, 0.3) is 23.0 Å². The number of hydrogen-bond donors (Lipinski definition) is 1. The Bertz CT molecular complexity index is 1060. The summed E-state index contributed by atoms with van der Waals surface area (Å²) in [6.07, 6.45) is 3.17. The average Bonchev–Trinajstić information content (AvgIpc) is 3.39. The van der Waals surface area contributed by atoms with Crippen molar-refractivity contribution >= 4 is 11.4 Å². The highest BCUT2D eigenvalue weighted by atomic mass is 16.6. The second-order valence-electron chi connectivity index (χ2n) is 5.56. The van der Waals surface area contributed by atoms with Crippen molar-refractivity contribution in [3.63, 3.8) is 0 Å². The van der Waals surface area contributed by atoms with E-state index in [1.165, 1.54) is 6.07 Å². The summed E-state index contributed by atoms with van der Waals surface area (Å²) in [5.41, 5.74) is 1.26. The topological polar surface area (TPSA) is 120 Å². The fraction of sp³-hybridized carbons (Fsp3) is 0.0556. The van der Waals surface area contributed by atoms with Crippen molar-refractivity contribution < 1.29 is 13.9 Å². The minimum Gasteiger partial charge on any atom is -0.467 e. The molecule has 0 spiro atoms. The van der Waals surface area contributed by atoms with Gasteiger partial charge in [0.05, 0.1) is 17.7 Å². The lowest BCUT2D eigenvalue weighted by Gasteiger charge is -2.06. The van der Waals surface area contributed by atoms with Crippen LogP contribution in [0.4, 0.5) is 11.4 Å². The lowest BCUT2D eigenvalue weighted by Crippen LogP contribution is -2.02. The maximum absolute atomic E-state index is 11.5. The van der Waals surface area contributed by atoms with Crippen LogP contribution in [0.5, 0.6) is 0 Å². The van der Waals surface area contributed by atoms with Crippen molar-refractivity contribution in [3.8, 4) is 23.0 Å². The van der Waals surface area contributed by atoms with E-state index in [4.69, 9.17) is 8.94 Å². The number of rotatable bonds is 6. The van der Waals surface area contributed by atoms with Crippen molar-refractivity contribution in [1.29, 1.82) is 0 Å². The molecule has 134 valence electrons. The molecule has 0 radical (unpaired) electrons. The van der Waals surface area contributed by atoms with Gasteiger partial charge in [-0.1, -0.05) is 11.2 Å². The predicted molar refractivity (Wildman–Crippen MR) is 95.7 cm³/mol. The first-order valence-electron chi connectivity index (χ1n) is 8.01. The zero-order valence-electron chi connectivity index (χ0n) is 13.9. The van der Waals surface area contributed by atoms with Crippen LogP contribution in [0.3, 0.4) is 0 Å². The van der Waals surface area contributed by atoms with Gasteiger partial charge in [0.25, 0.3) is 11.6 Å². The van der Waals surface area contributed by atoms with Crippen molar-refractivity contribution in [1.82, 2.24) is 15.1 Å². The molecule has 0 aliphatic carbocycles. The molecule has 4 aromatic rings. The molecule has 9 heteroatoms. The Balaban J connectivity index is 1.61. The molecule has 0 saturated carbocycles. The van der Waals surface area contributed by atoms with Gasteiger partial charge in [0.15, 0.2) is 0 Å². The third-order valence-corrected chi connectivity index (χ3v) is 3.79. The van der Waals surface area contributed by atoms with Gasteiger partial charge in [0.1, 0.15) is 17.1 Å². The Morgan fingerprint density at radius 2 is 2.07 bits per heavy atom. The molecular weight excluding hydrogens is 350 g/mol. The zero-order valence-corrected chi connectivity index (χ0v) is 13.9. The summed E-state index contributed by atoms with van der Waals surface area (Å²) in [5.74, 6) is 1.16. The Morgan fingerprint density at radius 3 is 2.81 bits per heavy atom. The molecule has 3 heterocycles. The van der Waals surface area contributed by atoms with Crippen molar-refractivity contribution in [3.05, 3.63) is 76.9 Å². The van der Waals surface area contributed by atoms with E-state index in [9.17, 15) is 10.1 Å². The van der Waals surface area contributed by atoms with E-state index in [0.717, 1.165) is 0 Å². The Morgan fingerprint density at radius 1 is 1.15 bits per heavy atom. The average molecular weight is 363 g/mol. The molecular formula is C18H13N5O4.